The standard InChI is InChI=1S/C12H22N2S/c1-4-11(12-7-5-10-15-12)14(3)9-6-8-13-2/h5,7,10-11,13H,4,6,8-9H2,1-3H3. The Bertz CT molecular complexity index is 246. The van der Waals surface area contributed by atoms with E-state index in [9.17, 15) is 0 Å². The summed E-state index contributed by atoms with van der Waals surface area (Å²) in [6, 6.07) is 4.99. The third-order valence-corrected chi connectivity index (χ3v) is 3.70. The fourth-order valence-electron chi connectivity index (χ4n) is 1.87. The lowest BCUT2D eigenvalue weighted by Gasteiger charge is -2.26. The second-order valence-electron chi connectivity index (χ2n) is 3.88. The maximum atomic E-state index is 3.19. The van der Waals surface area contributed by atoms with Crippen molar-refractivity contribution in [3.8, 4) is 0 Å². The molecule has 0 aliphatic rings. The Morgan fingerprint density at radius 1 is 1.53 bits per heavy atom. The maximum Gasteiger partial charge on any atom is 0.0435 e. The minimum absolute atomic E-state index is 0.599. The van der Waals surface area contributed by atoms with Crippen molar-refractivity contribution in [3.63, 3.8) is 0 Å². The van der Waals surface area contributed by atoms with Crippen molar-refractivity contribution in [2.75, 3.05) is 27.2 Å². The normalized spacial score (nSPS) is 13.3. The average Bonchev–Trinajstić information content (AvgIpc) is 2.73. The van der Waals surface area contributed by atoms with E-state index in [1.165, 1.54) is 17.7 Å². The lowest BCUT2D eigenvalue weighted by atomic mass is 10.1. The lowest BCUT2D eigenvalue weighted by Crippen LogP contribution is -2.26. The van der Waals surface area contributed by atoms with E-state index in [4.69, 9.17) is 0 Å². The van der Waals surface area contributed by atoms with Crippen molar-refractivity contribution in [1.82, 2.24) is 10.2 Å². The highest BCUT2D eigenvalue weighted by Crippen LogP contribution is 2.26. The Balaban J connectivity index is 2.44. The SMILES string of the molecule is CCC(c1cccs1)N(C)CCCNC. The molecule has 0 fully saturated rings. The van der Waals surface area contributed by atoms with Crippen molar-refractivity contribution in [2.45, 2.75) is 25.8 Å². The van der Waals surface area contributed by atoms with Crippen LogP contribution in [0, 0.1) is 0 Å². The number of nitrogens with one attached hydrogen (secondary N) is 1. The van der Waals surface area contributed by atoms with Gasteiger partial charge in [0.1, 0.15) is 0 Å². The minimum Gasteiger partial charge on any atom is -0.320 e. The molecule has 0 aliphatic heterocycles. The number of thiophene rings is 1. The largest absolute Gasteiger partial charge is 0.320 e. The summed E-state index contributed by atoms with van der Waals surface area (Å²) in [4.78, 5) is 3.95. The molecular weight excluding hydrogens is 204 g/mol. The van der Waals surface area contributed by atoms with E-state index < -0.39 is 0 Å². The predicted octanol–water partition coefficient (Wildman–Crippen LogP) is 2.74. The van der Waals surface area contributed by atoms with Gasteiger partial charge >= 0.3 is 0 Å². The summed E-state index contributed by atoms with van der Waals surface area (Å²) in [5.41, 5.74) is 0. The highest BCUT2D eigenvalue weighted by molar-refractivity contribution is 7.10. The van der Waals surface area contributed by atoms with Gasteiger partial charge in [0.05, 0.1) is 0 Å². The molecule has 1 aromatic heterocycles. The molecular formula is C12H22N2S. The van der Waals surface area contributed by atoms with Crippen LogP contribution in [-0.2, 0) is 0 Å². The molecule has 1 unspecified atom stereocenters. The van der Waals surface area contributed by atoms with Gasteiger partial charge in [0, 0.05) is 10.9 Å². The zero-order valence-electron chi connectivity index (χ0n) is 9.99. The summed E-state index contributed by atoms with van der Waals surface area (Å²) >= 11 is 1.87. The second kappa shape index (κ2) is 6.99. The Morgan fingerprint density at radius 2 is 2.33 bits per heavy atom. The molecule has 0 saturated heterocycles. The van der Waals surface area contributed by atoms with Gasteiger partial charge in [0.2, 0.25) is 0 Å². The summed E-state index contributed by atoms with van der Waals surface area (Å²) in [6.45, 7) is 4.53. The van der Waals surface area contributed by atoms with Crippen LogP contribution >= 0.6 is 11.3 Å². The van der Waals surface area contributed by atoms with Crippen molar-refractivity contribution in [2.24, 2.45) is 0 Å². The maximum absolute atomic E-state index is 3.19. The predicted molar refractivity (Wildman–Crippen MR) is 68.5 cm³/mol. The van der Waals surface area contributed by atoms with E-state index in [2.05, 4.69) is 41.7 Å². The van der Waals surface area contributed by atoms with Gasteiger partial charge in [-0.15, -0.1) is 11.3 Å². The fourth-order valence-corrected chi connectivity index (χ4v) is 2.85. The molecule has 1 N–H and O–H groups in total. The topological polar surface area (TPSA) is 15.3 Å². The van der Waals surface area contributed by atoms with Gasteiger partial charge in [0.25, 0.3) is 0 Å². The first kappa shape index (κ1) is 12.7. The molecule has 0 spiro atoms. The van der Waals surface area contributed by atoms with Crippen LogP contribution in [0.25, 0.3) is 0 Å². The van der Waals surface area contributed by atoms with Crippen LogP contribution in [0.2, 0.25) is 0 Å². The Morgan fingerprint density at radius 3 is 2.87 bits per heavy atom. The van der Waals surface area contributed by atoms with E-state index in [-0.39, 0.29) is 0 Å². The van der Waals surface area contributed by atoms with E-state index in [1.807, 2.05) is 18.4 Å². The van der Waals surface area contributed by atoms with Crippen LogP contribution in [0.1, 0.15) is 30.7 Å². The molecule has 0 aromatic carbocycles. The fraction of sp³-hybridized carbons (Fsp3) is 0.667. The number of hydrogen-bond acceptors (Lipinski definition) is 3. The lowest BCUT2D eigenvalue weighted by molar-refractivity contribution is 0.239. The molecule has 3 heteroatoms. The molecule has 1 rings (SSSR count). The van der Waals surface area contributed by atoms with Crippen molar-refractivity contribution in [1.29, 1.82) is 0 Å². The molecule has 1 heterocycles. The number of rotatable bonds is 7. The van der Waals surface area contributed by atoms with E-state index in [0.717, 1.165) is 13.1 Å². The molecule has 0 radical (unpaired) electrons. The third kappa shape index (κ3) is 3.93. The van der Waals surface area contributed by atoms with Crippen LogP contribution in [0.5, 0.6) is 0 Å². The first-order valence-corrected chi connectivity index (χ1v) is 6.55. The van der Waals surface area contributed by atoms with Crippen LogP contribution < -0.4 is 5.32 Å². The van der Waals surface area contributed by atoms with Crippen LogP contribution in [0.15, 0.2) is 17.5 Å². The average molecular weight is 226 g/mol. The Kier molecular flexibility index (Phi) is 5.91. The summed E-state index contributed by atoms with van der Waals surface area (Å²) < 4.78 is 0. The van der Waals surface area contributed by atoms with Gasteiger partial charge in [0.15, 0.2) is 0 Å². The van der Waals surface area contributed by atoms with Gasteiger partial charge in [-0.25, -0.2) is 0 Å². The monoisotopic (exact) mass is 226 g/mol. The van der Waals surface area contributed by atoms with Gasteiger partial charge in [-0.2, -0.15) is 0 Å². The van der Waals surface area contributed by atoms with Crippen LogP contribution in [0.3, 0.4) is 0 Å². The number of hydrogen-bond donors (Lipinski definition) is 1. The molecule has 0 aliphatic carbocycles. The summed E-state index contributed by atoms with van der Waals surface area (Å²) in [5, 5.41) is 5.36. The Hall–Kier alpha value is -0.380. The Labute approximate surface area is 97.3 Å². The molecule has 1 aromatic rings. The van der Waals surface area contributed by atoms with E-state index in [1.54, 1.807) is 0 Å². The summed E-state index contributed by atoms with van der Waals surface area (Å²) in [5.74, 6) is 0. The highest BCUT2D eigenvalue weighted by Gasteiger charge is 2.14. The van der Waals surface area contributed by atoms with E-state index >= 15 is 0 Å². The smallest absolute Gasteiger partial charge is 0.0435 e. The zero-order valence-corrected chi connectivity index (χ0v) is 10.8. The van der Waals surface area contributed by atoms with Crippen LogP contribution in [0.4, 0.5) is 0 Å². The molecule has 0 saturated carbocycles. The third-order valence-electron chi connectivity index (χ3n) is 2.73. The van der Waals surface area contributed by atoms with Crippen molar-refractivity contribution >= 4 is 11.3 Å². The molecule has 0 amide bonds. The van der Waals surface area contributed by atoms with Crippen molar-refractivity contribution < 1.29 is 0 Å². The zero-order chi connectivity index (χ0) is 11.1. The molecule has 15 heavy (non-hydrogen) atoms. The number of nitrogens with zero attached hydrogens (tertiary/aromatic N) is 1. The quantitative estimate of drug-likeness (QED) is 0.719. The molecule has 86 valence electrons. The van der Waals surface area contributed by atoms with Crippen LogP contribution in [-0.4, -0.2) is 32.1 Å². The van der Waals surface area contributed by atoms with Gasteiger partial charge in [-0.1, -0.05) is 13.0 Å². The summed E-state index contributed by atoms with van der Waals surface area (Å²) in [7, 11) is 4.24. The first-order chi connectivity index (χ1) is 7.29. The summed E-state index contributed by atoms with van der Waals surface area (Å²) in [6.07, 6.45) is 2.41. The molecule has 0 bridgehead atoms. The van der Waals surface area contributed by atoms with E-state index in [0.29, 0.717) is 6.04 Å². The highest BCUT2D eigenvalue weighted by atomic mass is 32.1. The van der Waals surface area contributed by atoms with Gasteiger partial charge in [-0.05, 0) is 51.5 Å². The minimum atomic E-state index is 0.599. The first-order valence-electron chi connectivity index (χ1n) is 5.67. The molecule has 1 atom stereocenters. The van der Waals surface area contributed by atoms with Gasteiger partial charge in [-0.3, -0.25) is 4.90 Å². The van der Waals surface area contributed by atoms with Crippen molar-refractivity contribution in [3.05, 3.63) is 22.4 Å². The molecule has 2 nitrogen and oxygen atoms in total. The second-order valence-corrected chi connectivity index (χ2v) is 4.86. The van der Waals surface area contributed by atoms with Gasteiger partial charge < -0.3 is 5.32 Å².